The fourth-order valence-corrected chi connectivity index (χ4v) is 7.41. The molecule has 3 saturated carbocycles. The first-order valence-corrected chi connectivity index (χ1v) is 12.7. The Labute approximate surface area is 182 Å². The van der Waals surface area contributed by atoms with Gasteiger partial charge < -0.3 is 0 Å². The van der Waals surface area contributed by atoms with Gasteiger partial charge >= 0.3 is 0 Å². The largest absolute Gasteiger partial charge is 0.0770 e. The Morgan fingerprint density at radius 1 is 0.900 bits per heavy atom. The van der Waals surface area contributed by atoms with Crippen molar-refractivity contribution in [2.45, 2.75) is 77.0 Å². The quantitative estimate of drug-likeness (QED) is 0.494. The molecule has 3 fully saturated rings. The van der Waals surface area contributed by atoms with Gasteiger partial charge in [-0.1, -0.05) is 68.3 Å². The van der Waals surface area contributed by atoms with Crippen LogP contribution in [0, 0.1) is 23.7 Å². The van der Waals surface area contributed by atoms with E-state index in [9.17, 15) is 0 Å². The van der Waals surface area contributed by atoms with Gasteiger partial charge in [-0.2, -0.15) is 0 Å². The van der Waals surface area contributed by atoms with E-state index in [1.165, 1.54) is 64.2 Å². The number of aryl methyl sites for hydroxylation is 1. The van der Waals surface area contributed by atoms with Crippen LogP contribution in [0.25, 0.3) is 5.57 Å². The fourth-order valence-electron chi connectivity index (χ4n) is 7.41. The van der Waals surface area contributed by atoms with Gasteiger partial charge in [-0.25, -0.2) is 0 Å². The van der Waals surface area contributed by atoms with E-state index >= 15 is 0 Å². The van der Waals surface area contributed by atoms with Crippen LogP contribution < -0.4 is 0 Å². The summed E-state index contributed by atoms with van der Waals surface area (Å²) in [5.74, 6) is 4.13. The first kappa shape index (κ1) is 18.9. The molecule has 2 aromatic rings. The van der Waals surface area contributed by atoms with E-state index in [-0.39, 0.29) is 0 Å². The van der Waals surface area contributed by atoms with Gasteiger partial charge in [0.05, 0.1) is 0 Å². The molecule has 5 aliphatic carbocycles. The highest BCUT2D eigenvalue weighted by Gasteiger charge is 2.39. The van der Waals surface area contributed by atoms with Gasteiger partial charge in [0.1, 0.15) is 0 Å². The Kier molecular flexibility index (Phi) is 4.85. The van der Waals surface area contributed by atoms with E-state index in [1.807, 2.05) is 0 Å². The zero-order valence-corrected chi connectivity index (χ0v) is 18.6. The number of allylic oxidation sites excluding steroid dienone is 2. The first-order valence-electron chi connectivity index (χ1n) is 12.7. The molecule has 0 aromatic heterocycles. The van der Waals surface area contributed by atoms with Crippen LogP contribution in [-0.4, -0.2) is 0 Å². The van der Waals surface area contributed by atoms with E-state index < -0.39 is 0 Å². The lowest BCUT2D eigenvalue weighted by Gasteiger charge is -2.45. The monoisotopic (exact) mass is 396 g/mol. The van der Waals surface area contributed by atoms with Crippen molar-refractivity contribution < 1.29 is 0 Å². The van der Waals surface area contributed by atoms with Crippen LogP contribution >= 0.6 is 0 Å². The van der Waals surface area contributed by atoms with E-state index in [4.69, 9.17) is 0 Å². The third-order valence-electron chi connectivity index (χ3n) is 9.08. The van der Waals surface area contributed by atoms with Crippen molar-refractivity contribution >= 4 is 5.57 Å². The van der Waals surface area contributed by atoms with Crippen molar-refractivity contribution in [3.8, 4) is 0 Å². The Morgan fingerprint density at radius 2 is 1.77 bits per heavy atom. The Hall–Kier alpha value is -1.82. The molecule has 2 unspecified atom stereocenters. The van der Waals surface area contributed by atoms with Crippen molar-refractivity contribution in [1.82, 2.24) is 0 Å². The predicted octanol–water partition coefficient (Wildman–Crippen LogP) is 7.95. The summed E-state index contributed by atoms with van der Waals surface area (Å²) in [5, 5.41) is 0. The summed E-state index contributed by atoms with van der Waals surface area (Å²) in [6.07, 6.45) is 16.6. The predicted molar refractivity (Wildman–Crippen MR) is 127 cm³/mol. The van der Waals surface area contributed by atoms with Crippen LogP contribution in [0.15, 0.2) is 48.5 Å². The molecule has 5 aliphatic rings. The maximum atomic E-state index is 2.71. The molecule has 0 saturated heterocycles. The third kappa shape index (κ3) is 3.19. The number of benzene rings is 2. The smallest absolute Gasteiger partial charge is 0.00922 e. The molecule has 30 heavy (non-hydrogen) atoms. The van der Waals surface area contributed by atoms with Crippen molar-refractivity contribution in [2.75, 3.05) is 0 Å². The summed E-state index contributed by atoms with van der Waals surface area (Å²) >= 11 is 0. The molecule has 0 radical (unpaired) electrons. The standard InChI is InChI=1S/C30H36/c1-2-20-16-25-19-24(27-9-5-7-22-6-3-4-8-26(22)27)14-15-28(25)30(17-20)29-18-21-10-12-23(29)13-11-21/h3-4,6,8,14-15,17,19-21,23,27,29H,2,5,7,9-13,16,18H2,1H3/t20?,21?,23?,27-,29?/m0/s1. The van der Waals surface area contributed by atoms with Crippen molar-refractivity contribution in [3.63, 3.8) is 0 Å². The second-order valence-electron chi connectivity index (χ2n) is 10.7. The Bertz CT molecular complexity index is 956. The number of rotatable bonds is 3. The molecule has 3 atom stereocenters. The molecule has 0 nitrogen and oxygen atoms in total. The highest BCUT2D eigenvalue weighted by Crippen LogP contribution is 2.52. The maximum absolute atomic E-state index is 2.71. The van der Waals surface area contributed by atoms with E-state index in [0.29, 0.717) is 5.92 Å². The number of fused-ring (bicyclic) bond motifs is 5. The molecule has 0 spiro atoms. The fraction of sp³-hybridized carbons (Fsp3) is 0.533. The zero-order chi connectivity index (χ0) is 20.1. The highest BCUT2D eigenvalue weighted by molar-refractivity contribution is 5.73. The van der Waals surface area contributed by atoms with Crippen LogP contribution in [0.5, 0.6) is 0 Å². The van der Waals surface area contributed by atoms with Crippen LogP contribution in [0.4, 0.5) is 0 Å². The normalized spacial score (nSPS) is 32.3. The SMILES string of the molecule is CCC1C=C(C2CC3CCC2CC3)c2ccc([C@@H]3CCCc4ccccc43)cc2C1. The molecule has 2 bridgehead atoms. The van der Waals surface area contributed by atoms with Crippen molar-refractivity contribution in [1.29, 1.82) is 0 Å². The van der Waals surface area contributed by atoms with Gasteiger partial charge in [0.2, 0.25) is 0 Å². The van der Waals surface area contributed by atoms with E-state index in [2.05, 4.69) is 55.5 Å². The lowest BCUT2D eigenvalue weighted by Crippen LogP contribution is -2.33. The van der Waals surface area contributed by atoms with Crippen molar-refractivity contribution in [2.24, 2.45) is 23.7 Å². The average Bonchev–Trinajstić information content (AvgIpc) is 2.83. The van der Waals surface area contributed by atoms with Gasteiger partial charge in [-0.3, -0.25) is 0 Å². The molecule has 0 heterocycles. The lowest BCUT2D eigenvalue weighted by atomic mass is 9.60. The van der Waals surface area contributed by atoms with Gasteiger partial charge in [0.15, 0.2) is 0 Å². The molecule has 0 aliphatic heterocycles. The van der Waals surface area contributed by atoms with Gasteiger partial charge in [0, 0.05) is 5.92 Å². The van der Waals surface area contributed by atoms with Gasteiger partial charge in [-0.15, -0.1) is 0 Å². The van der Waals surface area contributed by atoms with Crippen LogP contribution in [0.3, 0.4) is 0 Å². The molecular formula is C30H36. The minimum Gasteiger partial charge on any atom is -0.0770 e. The number of hydrogen-bond donors (Lipinski definition) is 0. The molecular weight excluding hydrogens is 360 g/mol. The first-order chi connectivity index (χ1) is 14.8. The summed E-state index contributed by atoms with van der Waals surface area (Å²) in [6.45, 7) is 2.39. The summed E-state index contributed by atoms with van der Waals surface area (Å²) < 4.78 is 0. The molecule has 0 heteroatoms. The molecule has 156 valence electrons. The molecule has 7 rings (SSSR count). The second kappa shape index (κ2) is 7.70. The van der Waals surface area contributed by atoms with E-state index in [1.54, 1.807) is 33.4 Å². The number of hydrogen-bond acceptors (Lipinski definition) is 0. The molecule has 0 N–H and O–H groups in total. The topological polar surface area (TPSA) is 0 Å². The van der Waals surface area contributed by atoms with Crippen LogP contribution in [0.2, 0.25) is 0 Å². The summed E-state index contributed by atoms with van der Waals surface area (Å²) in [5.41, 5.74) is 9.75. The third-order valence-corrected chi connectivity index (χ3v) is 9.08. The maximum Gasteiger partial charge on any atom is 0.00922 e. The van der Waals surface area contributed by atoms with Crippen LogP contribution in [-0.2, 0) is 12.8 Å². The zero-order valence-electron chi connectivity index (χ0n) is 18.6. The Morgan fingerprint density at radius 3 is 2.57 bits per heavy atom. The average molecular weight is 397 g/mol. The van der Waals surface area contributed by atoms with Gasteiger partial charge in [-0.05, 0) is 108 Å². The Balaban J connectivity index is 1.37. The lowest BCUT2D eigenvalue weighted by molar-refractivity contribution is 0.133. The molecule has 2 aromatic carbocycles. The minimum absolute atomic E-state index is 0.598. The highest BCUT2D eigenvalue weighted by atomic mass is 14.4. The molecule has 0 amide bonds. The summed E-state index contributed by atoms with van der Waals surface area (Å²) in [7, 11) is 0. The van der Waals surface area contributed by atoms with Gasteiger partial charge in [0.25, 0.3) is 0 Å². The van der Waals surface area contributed by atoms with Crippen LogP contribution in [0.1, 0.15) is 92.0 Å². The van der Waals surface area contributed by atoms with E-state index in [0.717, 1.165) is 23.7 Å². The summed E-state index contributed by atoms with van der Waals surface area (Å²) in [4.78, 5) is 0. The minimum atomic E-state index is 0.598. The summed E-state index contributed by atoms with van der Waals surface area (Å²) in [6, 6.07) is 16.8. The van der Waals surface area contributed by atoms with Crippen molar-refractivity contribution in [3.05, 3.63) is 76.4 Å². The second-order valence-corrected chi connectivity index (χ2v) is 10.7.